The Morgan fingerprint density at radius 1 is 0.594 bits per heavy atom. The Morgan fingerprint density at radius 2 is 1.09 bits per heavy atom. The van der Waals surface area contributed by atoms with Gasteiger partial charge in [0.2, 0.25) is 0 Å². The summed E-state index contributed by atoms with van der Waals surface area (Å²) in [6.07, 6.45) is 33.2. The van der Waals surface area contributed by atoms with Crippen LogP contribution in [-0.2, 0) is 0 Å². The van der Waals surface area contributed by atoms with E-state index in [2.05, 4.69) is 52.4 Å². The lowest BCUT2D eigenvalue weighted by Gasteiger charge is -2.16. The molecule has 0 spiro atoms. The molecule has 3 atom stereocenters. The molecule has 0 aromatic heterocycles. The highest BCUT2D eigenvalue weighted by Crippen LogP contribution is 2.22. The molecule has 0 aromatic carbocycles. The maximum Gasteiger partial charge on any atom is 0.0847 e. The number of hydrogen-bond acceptors (Lipinski definition) is 0. The molecule has 1 radical (unpaired) electrons. The Morgan fingerprint density at radius 3 is 1.59 bits per heavy atom. The first-order chi connectivity index (χ1) is 15.5. The summed E-state index contributed by atoms with van der Waals surface area (Å²) in [5.41, 5.74) is 0. The van der Waals surface area contributed by atoms with Crippen molar-refractivity contribution in [2.45, 2.75) is 157 Å². The molecule has 0 nitrogen and oxygen atoms in total. The number of unbranched alkanes of at least 4 members (excludes halogenated alkanes) is 12. The predicted molar refractivity (Wildman–Crippen MR) is 145 cm³/mol. The van der Waals surface area contributed by atoms with Gasteiger partial charge in [-0.15, -0.1) is 5.92 Å². The molecule has 0 aliphatic heterocycles. The zero-order valence-electron chi connectivity index (χ0n) is 22.7. The Labute approximate surface area is 204 Å². The average molecular weight is 442 g/mol. The van der Waals surface area contributed by atoms with Gasteiger partial charge in [0.05, 0.1) is 5.92 Å². The van der Waals surface area contributed by atoms with Crippen molar-refractivity contribution in [1.82, 2.24) is 0 Å². The Bertz CT molecular complexity index is 482. The molecular weight excluding hydrogens is 384 g/mol. The molecule has 0 aliphatic carbocycles. The van der Waals surface area contributed by atoms with Crippen molar-refractivity contribution in [1.29, 1.82) is 0 Å². The van der Waals surface area contributed by atoms with Gasteiger partial charge in [0.1, 0.15) is 0 Å². The third kappa shape index (κ3) is 21.0. The van der Waals surface area contributed by atoms with Gasteiger partial charge in [-0.3, -0.25) is 0 Å². The van der Waals surface area contributed by atoms with Gasteiger partial charge in [-0.2, -0.15) is 0 Å². The summed E-state index contributed by atoms with van der Waals surface area (Å²) >= 11 is 0. The van der Waals surface area contributed by atoms with E-state index >= 15 is 0 Å². The quantitative estimate of drug-likeness (QED) is 0.123. The minimum Gasteiger partial charge on any atom is -0.102 e. The van der Waals surface area contributed by atoms with Crippen LogP contribution < -0.4 is 0 Å². The van der Waals surface area contributed by atoms with Crippen LogP contribution in [0.1, 0.15) is 157 Å². The lowest BCUT2D eigenvalue weighted by Crippen LogP contribution is -2.08. The summed E-state index contributed by atoms with van der Waals surface area (Å²) in [6.45, 7) is 11.6. The predicted octanol–water partition coefficient (Wildman–Crippen LogP) is 10.6. The Kier molecular flexibility index (Phi) is 22.6. The molecule has 32 heavy (non-hydrogen) atoms. The molecule has 0 aliphatic rings. The van der Waals surface area contributed by atoms with Gasteiger partial charge < -0.3 is 0 Å². The smallest absolute Gasteiger partial charge is 0.0847 e. The summed E-state index contributed by atoms with van der Waals surface area (Å²) < 4.78 is 0. The van der Waals surface area contributed by atoms with E-state index in [9.17, 15) is 0 Å². The summed E-state index contributed by atoms with van der Waals surface area (Å²) in [5, 5.41) is 0. The fourth-order valence-electron chi connectivity index (χ4n) is 4.53. The maximum atomic E-state index is 7.66. The van der Waals surface area contributed by atoms with Crippen molar-refractivity contribution >= 4 is 0 Å². The number of rotatable bonds is 21. The highest BCUT2D eigenvalue weighted by molar-refractivity contribution is 5.14. The molecule has 3 unspecified atom stereocenters. The third-order valence-electron chi connectivity index (χ3n) is 6.97. The molecule has 0 heterocycles. The largest absolute Gasteiger partial charge is 0.102 e. The monoisotopic (exact) mass is 441 g/mol. The first-order valence-electron chi connectivity index (χ1n) is 14.4. The average Bonchev–Trinajstić information content (AvgIpc) is 2.76. The van der Waals surface area contributed by atoms with Crippen LogP contribution in [0.15, 0.2) is 0 Å². The Hall–Kier alpha value is -0.880. The molecule has 0 heteroatoms. The van der Waals surface area contributed by atoms with Gasteiger partial charge in [-0.05, 0) is 37.0 Å². The van der Waals surface area contributed by atoms with Crippen LogP contribution in [0, 0.1) is 47.9 Å². The fraction of sp³-hybridized carbons (Fsp3) is 0.875. The third-order valence-corrected chi connectivity index (χ3v) is 6.97. The Balaban J connectivity index is 3.70. The molecule has 0 amide bonds. The minimum absolute atomic E-state index is 0.0311. The van der Waals surface area contributed by atoms with Crippen molar-refractivity contribution in [3.8, 4) is 17.8 Å². The molecule has 185 valence electrons. The molecule has 0 aromatic rings. The summed E-state index contributed by atoms with van der Waals surface area (Å²) in [4.78, 5) is 0. The van der Waals surface area contributed by atoms with E-state index in [-0.39, 0.29) is 5.92 Å². The van der Waals surface area contributed by atoms with Gasteiger partial charge in [0.15, 0.2) is 0 Å². The lowest BCUT2D eigenvalue weighted by atomic mass is 9.88. The van der Waals surface area contributed by atoms with Crippen LogP contribution >= 0.6 is 0 Å². The lowest BCUT2D eigenvalue weighted by molar-refractivity contribution is 0.388. The van der Waals surface area contributed by atoms with E-state index < -0.39 is 0 Å². The van der Waals surface area contributed by atoms with E-state index in [1.807, 2.05) is 0 Å². The molecule has 0 N–H and O–H groups in total. The van der Waals surface area contributed by atoms with Gasteiger partial charge in [0.25, 0.3) is 0 Å². The van der Waals surface area contributed by atoms with Crippen molar-refractivity contribution in [3.63, 3.8) is 0 Å². The summed E-state index contributed by atoms with van der Waals surface area (Å²) in [6, 6.07) is 0. The summed E-state index contributed by atoms with van der Waals surface area (Å²) in [5.74, 6) is 11.6. The second-order valence-corrected chi connectivity index (χ2v) is 10.9. The van der Waals surface area contributed by atoms with Gasteiger partial charge in [-0.1, -0.05) is 149 Å². The summed E-state index contributed by atoms with van der Waals surface area (Å²) in [7, 11) is 0. The van der Waals surface area contributed by atoms with Crippen molar-refractivity contribution in [2.75, 3.05) is 0 Å². The van der Waals surface area contributed by atoms with Crippen molar-refractivity contribution in [3.05, 3.63) is 6.42 Å². The van der Waals surface area contributed by atoms with Crippen LogP contribution in [0.2, 0.25) is 0 Å². The van der Waals surface area contributed by atoms with Crippen LogP contribution in [0.25, 0.3) is 0 Å². The van der Waals surface area contributed by atoms with Crippen LogP contribution in [0.5, 0.6) is 0 Å². The molecule has 0 fully saturated rings. The standard InChI is InChI=1S/C32H57/c1-7-9-10-11-12-13-14-15-16-17-18-19-20-21-28-32(8-2)31(6)27-23-26-30(5)25-22-24-29(3)4/h29-32H,7,9-20,22-27H2,1,3-6H3. The van der Waals surface area contributed by atoms with Crippen LogP contribution in [-0.4, -0.2) is 0 Å². The molecule has 0 saturated heterocycles. The zero-order valence-corrected chi connectivity index (χ0v) is 22.7. The first kappa shape index (κ1) is 31.1. The van der Waals surface area contributed by atoms with Crippen LogP contribution in [0.3, 0.4) is 0 Å². The molecule has 0 saturated carbocycles. The van der Waals surface area contributed by atoms with Crippen molar-refractivity contribution < 1.29 is 0 Å². The van der Waals surface area contributed by atoms with Crippen molar-refractivity contribution in [2.24, 2.45) is 23.7 Å². The minimum atomic E-state index is 0.0311. The highest BCUT2D eigenvalue weighted by Gasteiger charge is 2.13. The van der Waals surface area contributed by atoms with E-state index in [1.54, 1.807) is 0 Å². The normalized spacial score (nSPS) is 13.9. The SMILES string of the molecule is [C]#CC(C#CCCCCCCCCCCCCCC)C(C)CCCC(C)CCCC(C)C. The molecule has 0 bridgehead atoms. The first-order valence-corrected chi connectivity index (χ1v) is 14.4. The molecular formula is C32H57. The van der Waals surface area contributed by atoms with Gasteiger partial charge >= 0.3 is 0 Å². The highest BCUT2D eigenvalue weighted by atomic mass is 14.2. The second kappa shape index (κ2) is 23.3. The molecule has 0 rings (SSSR count). The van der Waals surface area contributed by atoms with E-state index in [0.29, 0.717) is 5.92 Å². The van der Waals surface area contributed by atoms with E-state index in [0.717, 1.165) is 18.3 Å². The fourth-order valence-corrected chi connectivity index (χ4v) is 4.53. The number of hydrogen-bond donors (Lipinski definition) is 0. The van der Waals surface area contributed by atoms with Crippen LogP contribution in [0.4, 0.5) is 0 Å². The van der Waals surface area contributed by atoms with Gasteiger partial charge in [-0.25, -0.2) is 0 Å². The zero-order chi connectivity index (χ0) is 23.9. The van der Waals surface area contributed by atoms with Gasteiger partial charge in [0, 0.05) is 6.42 Å². The van der Waals surface area contributed by atoms with E-state index in [1.165, 1.54) is 116 Å². The maximum absolute atomic E-state index is 7.66. The topological polar surface area (TPSA) is 0 Å². The van der Waals surface area contributed by atoms with E-state index in [4.69, 9.17) is 6.42 Å². The second-order valence-electron chi connectivity index (χ2n) is 10.9.